The Bertz CT molecular complexity index is 392. The second-order valence-electron chi connectivity index (χ2n) is 3.93. The Morgan fingerprint density at radius 1 is 1.56 bits per heavy atom. The normalized spacial score (nSPS) is 12.2. The van der Waals surface area contributed by atoms with Crippen LogP contribution in [0.4, 0.5) is 5.69 Å². The van der Waals surface area contributed by atoms with Crippen molar-refractivity contribution in [2.24, 2.45) is 0 Å². The number of nitrogens with two attached hydrogens (primary N) is 1. The lowest BCUT2D eigenvalue weighted by molar-refractivity contribution is 0.0587. The Hall–Kier alpha value is -1.30. The summed E-state index contributed by atoms with van der Waals surface area (Å²) < 4.78 is 4.78. The van der Waals surface area contributed by atoms with E-state index in [1.54, 1.807) is 18.2 Å². The van der Waals surface area contributed by atoms with Gasteiger partial charge in [0.15, 0.2) is 0 Å². The fourth-order valence-electron chi connectivity index (χ4n) is 1.47. The Morgan fingerprint density at radius 2 is 2.28 bits per heavy atom. The maximum Gasteiger partial charge on any atom is 0.251 e. The molecule has 1 unspecified atom stereocenters. The van der Waals surface area contributed by atoms with Crippen molar-refractivity contribution in [2.75, 3.05) is 26.0 Å². The van der Waals surface area contributed by atoms with E-state index >= 15 is 0 Å². The van der Waals surface area contributed by atoms with Gasteiger partial charge in [0.05, 0.1) is 12.7 Å². The van der Waals surface area contributed by atoms with Crippen molar-refractivity contribution in [1.82, 2.24) is 5.32 Å². The monoisotopic (exact) mass is 272 g/mol. The van der Waals surface area contributed by atoms with Crippen LogP contribution in [-0.4, -0.2) is 37.4 Å². The molecule has 0 spiro atoms. The number of nitrogen functional groups attached to an aromatic ring is 1. The summed E-state index contributed by atoms with van der Waals surface area (Å²) in [6, 6.07) is 4.66. The molecule has 1 aromatic rings. The summed E-state index contributed by atoms with van der Waals surface area (Å²) in [7, 11) is 1.51. The van der Waals surface area contributed by atoms with Gasteiger partial charge in [-0.1, -0.05) is 11.6 Å². The number of anilines is 1. The van der Waals surface area contributed by atoms with Gasteiger partial charge in [0.25, 0.3) is 5.91 Å². The van der Waals surface area contributed by atoms with E-state index in [2.05, 4.69) is 5.32 Å². The molecule has 0 saturated carbocycles. The molecule has 1 amide bonds. The molecule has 0 aliphatic rings. The summed E-state index contributed by atoms with van der Waals surface area (Å²) in [4.78, 5) is 11.8. The van der Waals surface area contributed by atoms with Crippen molar-refractivity contribution >= 4 is 23.2 Å². The number of carbonyl (C=O) groups is 1. The average molecular weight is 273 g/mol. The standard InChI is InChI=1S/C12H17ClN2O3/c1-18-7-11(16)2-3-15-12(17)8-4-9(13)6-10(14)5-8/h4-6,11,16H,2-3,7,14H2,1H3,(H,15,17). The quantitative estimate of drug-likeness (QED) is 0.676. The van der Waals surface area contributed by atoms with E-state index in [4.69, 9.17) is 22.1 Å². The minimum absolute atomic E-state index is 0.250. The zero-order valence-electron chi connectivity index (χ0n) is 10.1. The lowest BCUT2D eigenvalue weighted by Gasteiger charge is -2.10. The third-order valence-corrected chi connectivity index (χ3v) is 2.52. The molecule has 0 heterocycles. The molecule has 0 bridgehead atoms. The van der Waals surface area contributed by atoms with Gasteiger partial charge in [0, 0.05) is 29.9 Å². The molecule has 0 aliphatic carbocycles. The summed E-state index contributed by atoms with van der Waals surface area (Å²) in [5.74, 6) is -0.270. The summed E-state index contributed by atoms with van der Waals surface area (Å²) >= 11 is 5.80. The number of ether oxygens (including phenoxy) is 1. The van der Waals surface area contributed by atoms with Crippen LogP contribution >= 0.6 is 11.6 Å². The van der Waals surface area contributed by atoms with Gasteiger partial charge in [-0.25, -0.2) is 0 Å². The number of hydrogen-bond acceptors (Lipinski definition) is 4. The minimum atomic E-state index is -0.584. The zero-order valence-corrected chi connectivity index (χ0v) is 10.9. The van der Waals surface area contributed by atoms with E-state index in [-0.39, 0.29) is 12.5 Å². The lowest BCUT2D eigenvalue weighted by Crippen LogP contribution is -2.28. The molecule has 100 valence electrons. The van der Waals surface area contributed by atoms with Gasteiger partial charge in [-0.15, -0.1) is 0 Å². The van der Waals surface area contributed by atoms with Gasteiger partial charge in [0.1, 0.15) is 0 Å². The number of rotatable bonds is 6. The molecule has 0 fully saturated rings. The topological polar surface area (TPSA) is 84.6 Å². The van der Waals surface area contributed by atoms with E-state index in [9.17, 15) is 9.90 Å². The van der Waals surface area contributed by atoms with Gasteiger partial charge < -0.3 is 20.9 Å². The maximum atomic E-state index is 11.8. The van der Waals surface area contributed by atoms with Gasteiger partial charge in [-0.2, -0.15) is 0 Å². The van der Waals surface area contributed by atoms with Gasteiger partial charge in [-0.3, -0.25) is 4.79 Å². The molecular weight excluding hydrogens is 256 g/mol. The highest BCUT2D eigenvalue weighted by molar-refractivity contribution is 6.31. The minimum Gasteiger partial charge on any atom is -0.399 e. The molecule has 0 aliphatic heterocycles. The first-order valence-electron chi connectivity index (χ1n) is 5.54. The first-order valence-corrected chi connectivity index (χ1v) is 5.92. The van der Waals surface area contributed by atoms with Crippen molar-refractivity contribution in [2.45, 2.75) is 12.5 Å². The molecule has 0 radical (unpaired) electrons. The molecule has 1 rings (SSSR count). The number of aliphatic hydroxyl groups excluding tert-OH is 1. The van der Waals surface area contributed by atoms with Crippen LogP contribution in [0, 0.1) is 0 Å². The summed E-state index contributed by atoms with van der Waals surface area (Å²) in [6.07, 6.45) is -0.157. The predicted octanol–water partition coefficient (Wildman–Crippen LogP) is 1.05. The molecule has 5 nitrogen and oxygen atoms in total. The molecule has 1 atom stereocenters. The van der Waals surface area contributed by atoms with Crippen LogP contribution in [0.25, 0.3) is 0 Å². The number of benzene rings is 1. The van der Waals surface area contributed by atoms with Crippen molar-refractivity contribution in [3.8, 4) is 0 Å². The fourth-order valence-corrected chi connectivity index (χ4v) is 1.72. The highest BCUT2D eigenvalue weighted by atomic mass is 35.5. The van der Waals surface area contributed by atoms with Crippen LogP contribution < -0.4 is 11.1 Å². The highest BCUT2D eigenvalue weighted by Gasteiger charge is 2.08. The van der Waals surface area contributed by atoms with Crippen LogP contribution in [0.3, 0.4) is 0 Å². The van der Waals surface area contributed by atoms with E-state index in [0.29, 0.717) is 29.2 Å². The van der Waals surface area contributed by atoms with Crippen LogP contribution in [0.2, 0.25) is 5.02 Å². The number of hydrogen-bond donors (Lipinski definition) is 3. The second kappa shape index (κ2) is 7.20. The third-order valence-electron chi connectivity index (χ3n) is 2.30. The number of carbonyl (C=O) groups excluding carboxylic acids is 1. The number of amides is 1. The summed E-state index contributed by atoms with van der Waals surface area (Å²) in [6.45, 7) is 0.607. The molecule has 0 saturated heterocycles. The number of aliphatic hydroxyl groups is 1. The SMILES string of the molecule is COCC(O)CCNC(=O)c1cc(N)cc(Cl)c1. The lowest BCUT2D eigenvalue weighted by atomic mass is 10.2. The van der Waals surface area contributed by atoms with Crippen LogP contribution in [0.5, 0.6) is 0 Å². The molecule has 6 heteroatoms. The molecule has 1 aromatic carbocycles. The summed E-state index contributed by atoms with van der Waals surface area (Å²) in [5.41, 5.74) is 6.43. The largest absolute Gasteiger partial charge is 0.399 e. The molecule has 18 heavy (non-hydrogen) atoms. The van der Waals surface area contributed by atoms with Gasteiger partial charge in [0.2, 0.25) is 0 Å². The Kier molecular flexibility index (Phi) is 5.91. The Balaban J connectivity index is 2.45. The van der Waals surface area contributed by atoms with Crippen LogP contribution in [0.15, 0.2) is 18.2 Å². The van der Waals surface area contributed by atoms with Gasteiger partial charge in [-0.05, 0) is 24.6 Å². The highest BCUT2D eigenvalue weighted by Crippen LogP contribution is 2.16. The predicted molar refractivity (Wildman–Crippen MR) is 70.7 cm³/mol. The molecule has 4 N–H and O–H groups in total. The Labute approximate surface area is 111 Å². The van der Waals surface area contributed by atoms with Crippen LogP contribution in [0.1, 0.15) is 16.8 Å². The third kappa shape index (κ3) is 4.91. The number of methoxy groups -OCH3 is 1. The van der Waals surface area contributed by atoms with E-state index in [0.717, 1.165) is 0 Å². The molecule has 0 aromatic heterocycles. The van der Waals surface area contributed by atoms with Crippen molar-refractivity contribution < 1.29 is 14.6 Å². The van der Waals surface area contributed by atoms with Crippen molar-refractivity contribution in [3.05, 3.63) is 28.8 Å². The fraction of sp³-hybridized carbons (Fsp3) is 0.417. The van der Waals surface area contributed by atoms with Crippen molar-refractivity contribution in [1.29, 1.82) is 0 Å². The van der Waals surface area contributed by atoms with E-state index in [1.165, 1.54) is 7.11 Å². The van der Waals surface area contributed by atoms with Crippen LogP contribution in [-0.2, 0) is 4.74 Å². The summed E-state index contributed by atoms with van der Waals surface area (Å²) in [5, 5.41) is 12.5. The van der Waals surface area contributed by atoms with E-state index < -0.39 is 6.10 Å². The first-order chi connectivity index (χ1) is 8.52. The molecular formula is C12H17ClN2O3. The maximum absolute atomic E-state index is 11.8. The number of halogens is 1. The number of nitrogens with one attached hydrogen (secondary N) is 1. The average Bonchev–Trinajstić information content (AvgIpc) is 2.27. The first kappa shape index (κ1) is 14.8. The van der Waals surface area contributed by atoms with Crippen molar-refractivity contribution in [3.63, 3.8) is 0 Å². The van der Waals surface area contributed by atoms with Gasteiger partial charge >= 0.3 is 0 Å². The Morgan fingerprint density at radius 3 is 2.89 bits per heavy atom. The smallest absolute Gasteiger partial charge is 0.251 e. The second-order valence-corrected chi connectivity index (χ2v) is 4.36. The zero-order chi connectivity index (χ0) is 13.5. The van der Waals surface area contributed by atoms with E-state index in [1.807, 2.05) is 0 Å².